The number of oxime groups is 1. The van der Waals surface area contributed by atoms with E-state index in [0.717, 1.165) is 15.7 Å². The Morgan fingerprint density at radius 3 is 3.05 bits per heavy atom. The van der Waals surface area contributed by atoms with Gasteiger partial charge in [0.05, 0.1) is 12.7 Å². The van der Waals surface area contributed by atoms with Gasteiger partial charge in [0.1, 0.15) is 11.3 Å². The molecule has 0 unspecified atom stereocenters. The van der Waals surface area contributed by atoms with Crippen molar-refractivity contribution in [1.82, 2.24) is 10.2 Å². The van der Waals surface area contributed by atoms with Gasteiger partial charge >= 0.3 is 0 Å². The lowest BCUT2D eigenvalue weighted by molar-refractivity contribution is 0.318. The minimum absolute atomic E-state index is 0.0279. The third kappa shape index (κ3) is 3.36. The molecule has 0 saturated heterocycles. The summed E-state index contributed by atoms with van der Waals surface area (Å²) in [4.78, 5) is 0. The number of ether oxygens (including phenoxy) is 1. The molecule has 0 saturated carbocycles. The zero-order valence-corrected chi connectivity index (χ0v) is 11.7. The highest BCUT2D eigenvalue weighted by atomic mass is 32.2. The molecule has 6 nitrogen and oxygen atoms in total. The second-order valence-electron chi connectivity index (χ2n) is 3.51. The van der Waals surface area contributed by atoms with Gasteiger partial charge in [-0.3, -0.25) is 0 Å². The average Bonchev–Trinajstić information content (AvgIpc) is 2.97. The van der Waals surface area contributed by atoms with Crippen molar-refractivity contribution >= 4 is 28.9 Å². The van der Waals surface area contributed by atoms with Crippen LogP contribution in [0, 0.1) is 0 Å². The van der Waals surface area contributed by atoms with E-state index in [1.54, 1.807) is 30.4 Å². The van der Waals surface area contributed by atoms with E-state index < -0.39 is 0 Å². The Balaban J connectivity index is 2.15. The largest absolute Gasteiger partial charge is 0.496 e. The van der Waals surface area contributed by atoms with Crippen molar-refractivity contribution in [3.63, 3.8) is 0 Å². The minimum Gasteiger partial charge on any atom is -0.496 e. The number of hydrogen-bond donors (Lipinski definition) is 2. The summed E-state index contributed by atoms with van der Waals surface area (Å²) in [5, 5.41) is 19.4. The Bertz CT molecular complexity index is 572. The highest BCUT2D eigenvalue weighted by Crippen LogP contribution is 2.27. The standard InChI is InChI=1S/C11H12N4O2S2/c1-17-9-4-7(2-3-8(9)10(12)15-16)5-18-11-14-13-6-19-11/h2-4,6,16H,5H2,1H3,(H2,12,15). The number of nitrogens with zero attached hydrogens (tertiary/aromatic N) is 3. The molecular weight excluding hydrogens is 284 g/mol. The zero-order valence-electron chi connectivity index (χ0n) is 10.1. The van der Waals surface area contributed by atoms with Crippen molar-refractivity contribution in [1.29, 1.82) is 0 Å². The van der Waals surface area contributed by atoms with Crippen LogP contribution in [0.25, 0.3) is 0 Å². The zero-order chi connectivity index (χ0) is 13.7. The quantitative estimate of drug-likeness (QED) is 0.288. The van der Waals surface area contributed by atoms with Crippen LogP contribution in [0.3, 0.4) is 0 Å². The van der Waals surface area contributed by atoms with Crippen molar-refractivity contribution < 1.29 is 9.94 Å². The van der Waals surface area contributed by atoms with Gasteiger partial charge in [-0.25, -0.2) is 0 Å². The maximum atomic E-state index is 8.70. The molecule has 1 aromatic heterocycles. The lowest BCUT2D eigenvalue weighted by atomic mass is 10.1. The van der Waals surface area contributed by atoms with Crippen LogP contribution in [0.15, 0.2) is 33.2 Å². The number of aromatic nitrogens is 2. The molecule has 0 fully saturated rings. The van der Waals surface area contributed by atoms with Gasteiger partial charge in [-0.2, -0.15) is 0 Å². The number of nitrogens with two attached hydrogens (primary N) is 1. The molecule has 100 valence electrons. The van der Waals surface area contributed by atoms with Gasteiger partial charge in [-0.1, -0.05) is 34.3 Å². The smallest absolute Gasteiger partial charge is 0.174 e. The number of thioether (sulfide) groups is 1. The van der Waals surface area contributed by atoms with Crippen LogP contribution >= 0.6 is 23.1 Å². The molecule has 0 spiro atoms. The fourth-order valence-electron chi connectivity index (χ4n) is 1.46. The van der Waals surface area contributed by atoms with E-state index in [-0.39, 0.29) is 5.84 Å². The first-order chi connectivity index (χ1) is 9.24. The summed E-state index contributed by atoms with van der Waals surface area (Å²) in [5.41, 5.74) is 8.90. The average molecular weight is 296 g/mol. The van der Waals surface area contributed by atoms with Crippen LogP contribution < -0.4 is 10.5 Å². The molecule has 0 amide bonds. The van der Waals surface area contributed by atoms with Gasteiger partial charge in [0, 0.05) is 5.75 Å². The highest BCUT2D eigenvalue weighted by Gasteiger charge is 2.09. The van der Waals surface area contributed by atoms with Crippen LogP contribution in [0.4, 0.5) is 0 Å². The molecule has 2 rings (SSSR count). The summed E-state index contributed by atoms with van der Waals surface area (Å²) in [6.45, 7) is 0. The van der Waals surface area contributed by atoms with Crippen molar-refractivity contribution in [2.45, 2.75) is 10.1 Å². The van der Waals surface area contributed by atoms with Crippen LogP contribution in [0.5, 0.6) is 5.75 Å². The molecule has 2 aromatic rings. The van der Waals surface area contributed by atoms with E-state index in [9.17, 15) is 0 Å². The summed E-state index contributed by atoms with van der Waals surface area (Å²) >= 11 is 3.10. The summed E-state index contributed by atoms with van der Waals surface area (Å²) in [7, 11) is 1.55. The predicted molar refractivity (Wildman–Crippen MR) is 75.0 cm³/mol. The van der Waals surface area contributed by atoms with Crippen LogP contribution in [-0.4, -0.2) is 28.4 Å². The molecule has 8 heteroatoms. The van der Waals surface area contributed by atoms with Gasteiger partial charge in [0.2, 0.25) is 0 Å². The molecule has 0 aliphatic carbocycles. The van der Waals surface area contributed by atoms with E-state index in [0.29, 0.717) is 11.3 Å². The molecule has 19 heavy (non-hydrogen) atoms. The Kier molecular flexibility index (Phi) is 4.58. The maximum Gasteiger partial charge on any atom is 0.174 e. The van der Waals surface area contributed by atoms with Crippen molar-refractivity contribution in [3.8, 4) is 5.75 Å². The second kappa shape index (κ2) is 6.39. The number of benzene rings is 1. The molecule has 0 atom stereocenters. The number of amidine groups is 1. The van der Waals surface area contributed by atoms with Gasteiger partial charge in [0.25, 0.3) is 0 Å². The summed E-state index contributed by atoms with van der Waals surface area (Å²) in [5.74, 6) is 1.35. The Morgan fingerprint density at radius 1 is 1.58 bits per heavy atom. The van der Waals surface area contributed by atoms with E-state index in [2.05, 4.69) is 15.4 Å². The number of rotatable bonds is 5. The van der Waals surface area contributed by atoms with Crippen molar-refractivity contribution in [3.05, 3.63) is 34.8 Å². The molecular formula is C11H12N4O2S2. The summed E-state index contributed by atoms with van der Waals surface area (Å²) in [6, 6.07) is 5.54. The lowest BCUT2D eigenvalue weighted by Gasteiger charge is -2.09. The molecule has 0 aliphatic heterocycles. The molecule has 3 N–H and O–H groups in total. The Morgan fingerprint density at radius 2 is 2.42 bits per heavy atom. The first kappa shape index (κ1) is 13.6. The Hall–Kier alpha value is -1.80. The maximum absolute atomic E-state index is 8.70. The van der Waals surface area contributed by atoms with Gasteiger partial charge in [-0.05, 0) is 17.7 Å². The monoisotopic (exact) mass is 296 g/mol. The van der Waals surface area contributed by atoms with Crippen LogP contribution in [0.1, 0.15) is 11.1 Å². The number of hydrogen-bond acceptors (Lipinski definition) is 7. The van der Waals surface area contributed by atoms with Crippen LogP contribution in [0.2, 0.25) is 0 Å². The van der Waals surface area contributed by atoms with Gasteiger partial charge < -0.3 is 15.7 Å². The minimum atomic E-state index is 0.0279. The van der Waals surface area contributed by atoms with Gasteiger partial charge in [-0.15, -0.1) is 10.2 Å². The fourth-order valence-corrected chi connectivity index (χ4v) is 2.89. The van der Waals surface area contributed by atoms with Gasteiger partial charge in [0.15, 0.2) is 10.2 Å². The van der Waals surface area contributed by atoms with Crippen LogP contribution in [-0.2, 0) is 5.75 Å². The third-order valence-electron chi connectivity index (χ3n) is 2.35. The predicted octanol–water partition coefficient (Wildman–Crippen LogP) is 1.93. The molecule has 1 heterocycles. The van der Waals surface area contributed by atoms with E-state index >= 15 is 0 Å². The topological polar surface area (TPSA) is 93.6 Å². The molecule has 0 aliphatic rings. The first-order valence-electron chi connectivity index (χ1n) is 5.28. The highest BCUT2D eigenvalue weighted by molar-refractivity contribution is 8.00. The molecule has 0 radical (unpaired) electrons. The van der Waals surface area contributed by atoms with Crippen molar-refractivity contribution in [2.24, 2.45) is 10.9 Å². The second-order valence-corrected chi connectivity index (χ2v) is 5.57. The number of methoxy groups -OCH3 is 1. The fraction of sp³-hybridized carbons (Fsp3) is 0.182. The van der Waals surface area contributed by atoms with E-state index in [4.69, 9.17) is 15.7 Å². The van der Waals surface area contributed by atoms with Crippen molar-refractivity contribution in [2.75, 3.05) is 7.11 Å². The lowest BCUT2D eigenvalue weighted by Crippen LogP contribution is -2.14. The molecule has 1 aromatic carbocycles. The first-order valence-corrected chi connectivity index (χ1v) is 7.15. The SMILES string of the molecule is COc1cc(CSc2nncs2)ccc1/C(N)=N/O. The van der Waals surface area contributed by atoms with E-state index in [1.807, 2.05) is 12.1 Å². The Labute approximate surface area is 118 Å². The molecule has 0 bridgehead atoms. The summed E-state index contributed by atoms with van der Waals surface area (Å²) in [6.07, 6.45) is 0. The van der Waals surface area contributed by atoms with E-state index in [1.165, 1.54) is 11.3 Å². The third-order valence-corrected chi connectivity index (χ3v) is 4.28. The normalized spacial score (nSPS) is 11.5. The summed E-state index contributed by atoms with van der Waals surface area (Å²) < 4.78 is 6.16.